The zero-order valence-corrected chi connectivity index (χ0v) is 16.5. The molecular weight excluding hydrogens is 351 g/mol. The van der Waals surface area contributed by atoms with Crippen molar-refractivity contribution in [1.82, 2.24) is 20.2 Å². The van der Waals surface area contributed by atoms with Gasteiger partial charge in [-0.3, -0.25) is 4.98 Å². The number of pyridine rings is 1. The fourth-order valence-corrected chi connectivity index (χ4v) is 4.23. The van der Waals surface area contributed by atoms with Crippen LogP contribution in [0.15, 0.2) is 48.8 Å². The van der Waals surface area contributed by atoms with Crippen LogP contribution in [0.3, 0.4) is 0 Å². The zero-order valence-electron chi connectivity index (χ0n) is 16.5. The molecule has 0 amide bonds. The van der Waals surface area contributed by atoms with Crippen LogP contribution in [0.1, 0.15) is 30.0 Å². The fraction of sp³-hybridized carbons (Fsp3) is 0.348. The number of piperidine rings is 1. The maximum atomic E-state index is 13.5. The Morgan fingerprint density at radius 1 is 1.07 bits per heavy atom. The molecule has 0 aliphatic carbocycles. The highest BCUT2D eigenvalue weighted by atomic mass is 19.1. The van der Waals surface area contributed by atoms with Crippen molar-refractivity contribution in [3.05, 3.63) is 65.9 Å². The summed E-state index contributed by atoms with van der Waals surface area (Å²) in [6.45, 7) is 3.01. The molecule has 2 N–H and O–H groups in total. The van der Waals surface area contributed by atoms with Crippen LogP contribution in [-0.4, -0.2) is 42.1 Å². The van der Waals surface area contributed by atoms with Gasteiger partial charge in [0.25, 0.3) is 0 Å². The maximum absolute atomic E-state index is 13.5. The molecule has 1 saturated heterocycles. The fourth-order valence-electron chi connectivity index (χ4n) is 4.23. The number of hydrogen-bond acceptors (Lipinski definition) is 3. The summed E-state index contributed by atoms with van der Waals surface area (Å²) < 4.78 is 13.5. The molecule has 1 aliphatic heterocycles. The summed E-state index contributed by atoms with van der Waals surface area (Å²) in [5, 5.41) is 3.35. The summed E-state index contributed by atoms with van der Waals surface area (Å²) in [7, 11) is 4.17. The number of hydrogen-bond donors (Lipinski definition) is 2. The van der Waals surface area contributed by atoms with E-state index in [9.17, 15) is 4.39 Å². The van der Waals surface area contributed by atoms with E-state index in [-0.39, 0.29) is 5.82 Å². The molecule has 1 aliphatic rings. The Balaban J connectivity index is 1.88. The minimum absolute atomic E-state index is 0.216. The largest absolute Gasteiger partial charge is 0.357 e. The number of likely N-dealkylation sites (tertiary alicyclic amines) is 1. The Hall–Kier alpha value is -2.50. The molecule has 3 aromatic rings. The SMILES string of the molecule is CNCc1c(C2CCN(C)CC2)[nH]c(-c2ccc(F)cc2)c1-c1ccncc1. The van der Waals surface area contributed by atoms with Gasteiger partial charge >= 0.3 is 0 Å². The smallest absolute Gasteiger partial charge is 0.123 e. The average Bonchev–Trinajstić information content (AvgIpc) is 3.09. The molecule has 1 aromatic carbocycles. The Labute approximate surface area is 165 Å². The Morgan fingerprint density at radius 2 is 1.75 bits per heavy atom. The first-order chi connectivity index (χ1) is 13.7. The Morgan fingerprint density at radius 3 is 2.39 bits per heavy atom. The number of nitrogens with zero attached hydrogens (tertiary/aromatic N) is 2. The highest BCUT2D eigenvalue weighted by molar-refractivity contribution is 5.85. The summed E-state index contributed by atoms with van der Waals surface area (Å²) in [6, 6.07) is 10.9. The third kappa shape index (κ3) is 3.73. The van der Waals surface area contributed by atoms with Gasteiger partial charge in [-0.05, 0) is 93.1 Å². The summed E-state index contributed by atoms with van der Waals surface area (Å²) in [4.78, 5) is 10.3. The predicted octanol–water partition coefficient (Wildman–Crippen LogP) is 4.41. The predicted molar refractivity (Wildman–Crippen MR) is 112 cm³/mol. The second-order valence-electron chi connectivity index (χ2n) is 7.62. The summed E-state index contributed by atoms with van der Waals surface area (Å²) in [5.74, 6) is 0.293. The molecule has 0 bridgehead atoms. The average molecular weight is 378 g/mol. The van der Waals surface area contributed by atoms with E-state index < -0.39 is 0 Å². The maximum Gasteiger partial charge on any atom is 0.123 e. The highest BCUT2D eigenvalue weighted by Gasteiger charge is 2.27. The third-order valence-electron chi connectivity index (χ3n) is 5.72. The van der Waals surface area contributed by atoms with E-state index in [2.05, 4.69) is 27.2 Å². The first kappa shape index (κ1) is 18.8. The van der Waals surface area contributed by atoms with Gasteiger partial charge < -0.3 is 15.2 Å². The summed E-state index contributed by atoms with van der Waals surface area (Å²) >= 11 is 0. The van der Waals surface area contributed by atoms with Gasteiger partial charge in [-0.2, -0.15) is 0 Å². The minimum Gasteiger partial charge on any atom is -0.357 e. The number of rotatable bonds is 5. The van der Waals surface area contributed by atoms with Gasteiger partial charge in [-0.1, -0.05) is 0 Å². The first-order valence-electron chi connectivity index (χ1n) is 9.91. The molecule has 5 heteroatoms. The van der Waals surface area contributed by atoms with Crippen LogP contribution in [0.5, 0.6) is 0 Å². The van der Waals surface area contributed by atoms with Crippen molar-refractivity contribution in [3.8, 4) is 22.4 Å². The quantitative estimate of drug-likeness (QED) is 0.691. The van der Waals surface area contributed by atoms with Crippen molar-refractivity contribution in [1.29, 1.82) is 0 Å². The molecule has 2 aromatic heterocycles. The van der Waals surface area contributed by atoms with Gasteiger partial charge in [0.2, 0.25) is 0 Å². The lowest BCUT2D eigenvalue weighted by Gasteiger charge is -2.29. The van der Waals surface area contributed by atoms with Crippen LogP contribution in [0.25, 0.3) is 22.4 Å². The lowest BCUT2D eigenvalue weighted by molar-refractivity contribution is 0.253. The normalized spacial score (nSPS) is 15.8. The molecule has 0 spiro atoms. The topological polar surface area (TPSA) is 44.0 Å². The van der Waals surface area contributed by atoms with Crippen molar-refractivity contribution in [2.45, 2.75) is 25.3 Å². The van der Waals surface area contributed by atoms with Crippen LogP contribution >= 0.6 is 0 Å². The first-order valence-corrected chi connectivity index (χ1v) is 9.91. The van der Waals surface area contributed by atoms with E-state index in [0.29, 0.717) is 5.92 Å². The van der Waals surface area contributed by atoms with E-state index in [4.69, 9.17) is 0 Å². The molecule has 4 rings (SSSR count). The number of H-pyrrole nitrogens is 1. The Bertz CT molecular complexity index is 910. The second-order valence-corrected chi connectivity index (χ2v) is 7.62. The van der Waals surface area contributed by atoms with E-state index in [1.54, 1.807) is 0 Å². The van der Waals surface area contributed by atoms with E-state index in [1.807, 2.05) is 43.7 Å². The third-order valence-corrected chi connectivity index (χ3v) is 5.72. The number of aromatic nitrogens is 2. The zero-order chi connectivity index (χ0) is 19.5. The van der Waals surface area contributed by atoms with E-state index in [1.165, 1.54) is 29.0 Å². The number of aromatic amines is 1. The van der Waals surface area contributed by atoms with Crippen molar-refractivity contribution in [2.75, 3.05) is 27.2 Å². The summed E-state index contributed by atoms with van der Waals surface area (Å²) in [5.41, 5.74) is 7.01. The number of nitrogens with one attached hydrogen (secondary N) is 2. The number of halogens is 1. The molecule has 1 fully saturated rings. The Kier molecular flexibility index (Phi) is 5.55. The van der Waals surface area contributed by atoms with E-state index >= 15 is 0 Å². The summed E-state index contributed by atoms with van der Waals surface area (Å²) in [6.07, 6.45) is 5.95. The molecule has 4 nitrogen and oxygen atoms in total. The van der Waals surface area contributed by atoms with Crippen LogP contribution in [0.4, 0.5) is 4.39 Å². The lowest BCUT2D eigenvalue weighted by Crippen LogP contribution is -2.29. The second kappa shape index (κ2) is 8.25. The van der Waals surface area contributed by atoms with Crippen molar-refractivity contribution < 1.29 is 4.39 Å². The lowest BCUT2D eigenvalue weighted by atomic mass is 9.89. The van der Waals surface area contributed by atoms with Crippen molar-refractivity contribution in [3.63, 3.8) is 0 Å². The molecular formula is C23H27FN4. The van der Waals surface area contributed by atoms with Gasteiger partial charge in [0, 0.05) is 36.1 Å². The number of benzene rings is 1. The molecule has 0 saturated carbocycles. The van der Waals surface area contributed by atoms with Gasteiger partial charge in [-0.25, -0.2) is 4.39 Å². The molecule has 146 valence electrons. The van der Waals surface area contributed by atoms with E-state index in [0.717, 1.165) is 49.3 Å². The monoisotopic (exact) mass is 378 g/mol. The van der Waals surface area contributed by atoms with Gasteiger partial charge in [0.05, 0.1) is 5.69 Å². The van der Waals surface area contributed by atoms with Gasteiger partial charge in [0.1, 0.15) is 5.82 Å². The van der Waals surface area contributed by atoms with Crippen LogP contribution < -0.4 is 5.32 Å². The van der Waals surface area contributed by atoms with Gasteiger partial charge in [0.15, 0.2) is 0 Å². The van der Waals surface area contributed by atoms with Gasteiger partial charge in [-0.15, -0.1) is 0 Å². The van der Waals surface area contributed by atoms with Crippen LogP contribution in [0.2, 0.25) is 0 Å². The standard InChI is InChI=1S/C23H27FN4/c1-25-15-20-21(16-7-11-26-12-8-16)23(17-3-5-19(24)6-4-17)27-22(20)18-9-13-28(2)14-10-18/h3-8,11-12,18,25,27H,9-10,13-15H2,1-2H3. The van der Waals surface area contributed by atoms with Crippen molar-refractivity contribution >= 4 is 0 Å². The van der Waals surface area contributed by atoms with Crippen molar-refractivity contribution in [2.24, 2.45) is 0 Å². The molecule has 28 heavy (non-hydrogen) atoms. The van der Waals surface area contributed by atoms with Crippen LogP contribution in [-0.2, 0) is 6.54 Å². The molecule has 0 unspecified atom stereocenters. The van der Waals surface area contributed by atoms with Crippen LogP contribution in [0, 0.1) is 5.82 Å². The molecule has 3 heterocycles. The highest BCUT2D eigenvalue weighted by Crippen LogP contribution is 2.41. The molecule has 0 radical (unpaired) electrons. The molecule has 0 atom stereocenters. The minimum atomic E-state index is -0.216.